The van der Waals surface area contributed by atoms with Gasteiger partial charge in [-0.25, -0.2) is 9.67 Å². The van der Waals surface area contributed by atoms with Crippen molar-refractivity contribution in [1.82, 2.24) is 14.8 Å². The van der Waals surface area contributed by atoms with Crippen molar-refractivity contribution in [1.29, 1.82) is 5.26 Å². The third-order valence-corrected chi connectivity index (χ3v) is 1.84. The quantitative estimate of drug-likeness (QED) is 0.674. The first-order valence-electron chi connectivity index (χ1n) is 4.18. The van der Waals surface area contributed by atoms with Crippen molar-refractivity contribution in [2.24, 2.45) is 0 Å². The molecule has 2 aromatic rings. The van der Waals surface area contributed by atoms with Crippen LogP contribution in [-0.2, 0) is 0 Å². The van der Waals surface area contributed by atoms with E-state index in [1.165, 1.54) is 0 Å². The fourth-order valence-electron chi connectivity index (χ4n) is 1.20. The van der Waals surface area contributed by atoms with Crippen LogP contribution >= 0.6 is 0 Å². The smallest absolute Gasteiger partial charge is 0.171 e. The lowest BCUT2D eigenvalue weighted by Gasteiger charge is -2.00. The first kappa shape index (κ1) is 8.45. The normalized spacial score (nSPS) is 9.71. The molecule has 4 nitrogen and oxygen atoms in total. The molecule has 0 fully saturated rings. The molecule has 0 aliphatic heterocycles. The van der Waals surface area contributed by atoms with Gasteiger partial charge in [-0.15, -0.1) is 0 Å². The van der Waals surface area contributed by atoms with Gasteiger partial charge < -0.3 is 0 Å². The van der Waals surface area contributed by atoms with E-state index in [0.29, 0.717) is 11.4 Å². The summed E-state index contributed by atoms with van der Waals surface area (Å²) < 4.78 is 1.61. The SMILES string of the molecule is Cc1cnn(-c2ncccc2C#N)c1. The Bertz CT molecular complexity index is 493. The van der Waals surface area contributed by atoms with Gasteiger partial charge in [0.05, 0.1) is 11.8 Å². The highest BCUT2D eigenvalue weighted by Gasteiger charge is 2.04. The summed E-state index contributed by atoms with van der Waals surface area (Å²) >= 11 is 0. The Morgan fingerprint density at radius 2 is 2.36 bits per heavy atom. The Morgan fingerprint density at radius 3 is 3.00 bits per heavy atom. The molecule has 14 heavy (non-hydrogen) atoms. The van der Waals surface area contributed by atoms with Crippen LogP contribution in [0, 0.1) is 18.3 Å². The van der Waals surface area contributed by atoms with E-state index in [0.717, 1.165) is 5.56 Å². The lowest BCUT2D eigenvalue weighted by Crippen LogP contribution is -2.00. The second kappa shape index (κ2) is 3.30. The molecule has 2 rings (SSSR count). The van der Waals surface area contributed by atoms with Crippen molar-refractivity contribution >= 4 is 0 Å². The fraction of sp³-hybridized carbons (Fsp3) is 0.100. The van der Waals surface area contributed by atoms with Crippen molar-refractivity contribution in [3.8, 4) is 11.9 Å². The summed E-state index contributed by atoms with van der Waals surface area (Å²) in [6.07, 6.45) is 5.21. The van der Waals surface area contributed by atoms with Crippen molar-refractivity contribution in [3.05, 3.63) is 41.9 Å². The predicted molar refractivity (Wildman–Crippen MR) is 50.8 cm³/mol. The minimum Gasteiger partial charge on any atom is -0.236 e. The third kappa shape index (κ3) is 1.36. The molecule has 0 aromatic carbocycles. The minimum absolute atomic E-state index is 0.524. The lowest BCUT2D eigenvalue weighted by molar-refractivity contribution is 0.843. The topological polar surface area (TPSA) is 54.5 Å². The van der Waals surface area contributed by atoms with Gasteiger partial charge in [-0.1, -0.05) is 0 Å². The van der Waals surface area contributed by atoms with Crippen molar-refractivity contribution < 1.29 is 0 Å². The standard InChI is InChI=1S/C10H8N4/c1-8-6-13-14(7-8)10-9(5-11)3-2-4-12-10/h2-4,6-7H,1H3. The number of aryl methyl sites for hydroxylation is 1. The van der Waals surface area contributed by atoms with Gasteiger partial charge in [-0.2, -0.15) is 10.4 Å². The number of hydrogen-bond donors (Lipinski definition) is 0. The first-order valence-corrected chi connectivity index (χ1v) is 4.18. The summed E-state index contributed by atoms with van der Waals surface area (Å²) in [6.45, 7) is 1.94. The zero-order valence-electron chi connectivity index (χ0n) is 7.68. The molecule has 2 aromatic heterocycles. The Morgan fingerprint density at radius 1 is 1.50 bits per heavy atom. The van der Waals surface area contributed by atoms with E-state index in [2.05, 4.69) is 16.2 Å². The van der Waals surface area contributed by atoms with Gasteiger partial charge in [0.15, 0.2) is 5.82 Å². The monoisotopic (exact) mass is 184 g/mol. The van der Waals surface area contributed by atoms with Crippen LogP contribution in [0.3, 0.4) is 0 Å². The van der Waals surface area contributed by atoms with Crippen LogP contribution in [0.15, 0.2) is 30.7 Å². The molecule has 0 N–H and O–H groups in total. The highest BCUT2D eigenvalue weighted by Crippen LogP contribution is 2.09. The van der Waals surface area contributed by atoms with Crippen LogP contribution in [0.1, 0.15) is 11.1 Å². The molecule has 2 heterocycles. The lowest BCUT2D eigenvalue weighted by atomic mass is 10.3. The zero-order valence-corrected chi connectivity index (χ0v) is 7.68. The number of nitrogens with zero attached hydrogens (tertiary/aromatic N) is 4. The van der Waals surface area contributed by atoms with E-state index in [4.69, 9.17) is 5.26 Å². The largest absolute Gasteiger partial charge is 0.236 e. The van der Waals surface area contributed by atoms with Gasteiger partial charge in [-0.05, 0) is 24.6 Å². The molecule has 0 saturated heterocycles. The van der Waals surface area contributed by atoms with Gasteiger partial charge in [0.2, 0.25) is 0 Å². The summed E-state index contributed by atoms with van der Waals surface area (Å²) in [5.74, 6) is 0.572. The van der Waals surface area contributed by atoms with Crippen LogP contribution in [-0.4, -0.2) is 14.8 Å². The van der Waals surface area contributed by atoms with E-state index >= 15 is 0 Å². The Kier molecular flexibility index (Phi) is 1.99. The Hall–Kier alpha value is -2.15. The first-order chi connectivity index (χ1) is 6.81. The maximum Gasteiger partial charge on any atom is 0.171 e. The third-order valence-electron chi connectivity index (χ3n) is 1.84. The molecule has 4 heteroatoms. The maximum atomic E-state index is 8.86. The predicted octanol–water partition coefficient (Wildman–Crippen LogP) is 1.45. The van der Waals surface area contributed by atoms with E-state index in [-0.39, 0.29) is 0 Å². The Balaban J connectivity index is 2.57. The number of nitriles is 1. The summed E-state index contributed by atoms with van der Waals surface area (Å²) in [6, 6.07) is 5.54. The van der Waals surface area contributed by atoms with Gasteiger partial charge >= 0.3 is 0 Å². The van der Waals surface area contributed by atoms with E-state index in [1.807, 2.05) is 13.1 Å². The van der Waals surface area contributed by atoms with Crippen LogP contribution in [0.2, 0.25) is 0 Å². The molecular formula is C10H8N4. The number of pyridine rings is 1. The molecule has 68 valence electrons. The molecule has 0 amide bonds. The van der Waals surface area contributed by atoms with Gasteiger partial charge in [0.25, 0.3) is 0 Å². The van der Waals surface area contributed by atoms with Crippen LogP contribution in [0.25, 0.3) is 5.82 Å². The highest BCUT2D eigenvalue weighted by molar-refractivity contribution is 5.42. The highest BCUT2D eigenvalue weighted by atomic mass is 15.3. The van der Waals surface area contributed by atoms with Crippen LogP contribution in [0.5, 0.6) is 0 Å². The van der Waals surface area contributed by atoms with Gasteiger partial charge in [0.1, 0.15) is 6.07 Å². The second-order valence-electron chi connectivity index (χ2n) is 2.95. The molecule has 0 radical (unpaired) electrons. The fourth-order valence-corrected chi connectivity index (χ4v) is 1.20. The average molecular weight is 184 g/mol. The molecule has 0 aliphatic rings. The second-order valence-corrected chi connectivity index (χ2v) is 2.95. The molecule has 0 aliphatic carbocycles. The van der Waals surface area contributed by atoms with Crippen LogP contribution < -0.4 is 0 Å². The van der Waals surface area contributed by atoms with Gasteiger partial charge in [0, 0.05) is 12.4 Å². The maximum absolute atomic E-state index is 8.86. The van der Waals surface area contributed by atoms with Gasteiger partial charge in [-0.3, -0.25) is 0 Å². The summed E-state index contributed by atoms with van der Waals surface area (Å²) in [5.41, 5.74) is 1.56. The average Bonchev–Trinajstić information content (AvgIpc) is 2.65. The summed E-state index contributed by atoms with van der Waals surface area (Å²) in [5, 5.41) is 13.0. The molecule has 0 unspecified atom stereocenters. The molecule has 0 spiro atoms. The van der Waals surface area contributed by atoms with Crippen molar-refractivity contribution in [2.75, 3.05) is 0 Å². The number of rotatable bonds is 1. The van der Waals surface area contributed by atoms with E-state index < -0.39 is 0 Å². The molecule has 0 atom stereocenters. The molecule has 0 saturated carbocycles. The molecule has 0 bridgehead atoms. The van der Waals surface area contributed by atoms with E-state index in [9.17, 15) is 0 Å². The zero-order chi connectivity index (χ0) is 9.97. The Labute approximate surface area is 81.4 Å². The number of aromatic nitrogens is 3. The molecular weight excluding hydrogens is 176 g/mol. The summed E-state index contributed by atoms with van der Waals surface area (Å²) in [4.78, 5) is 4.11. The number of hydrogen-bond acceptors (Lipinski definition) is 3. The van der Waals surface area contributed by atoms with Crippen molar-refractivity contribution in [3.63, 3.8) is 0 Å². The van der Waals surface area contributed by atoms with E-state index in [1.54, 1.807) is 29.2 Å². The van der Waals surface area contributed by atoms with Crippen LogP contribution in [0.4, 0.5) is 0 Å². The van der Waals surface area contributed by atoms with Crippen molar-refractivity contribution in [2.45, 2.75) is 6.92 Å². The summed E-state index contributed by atoms with van der Waals surface area (Å²) in [7, 11) is 0. The minimum atomic E-state index is 0.524.